The molecule has 90 valence electrons. The van der Waals surface area contributed by atoms with E-state index in [9.17, 15) is 8.78 Å². The molecule has 0 unspecified atom stereocenters. The van der Waals surface area contributed by atoms with Crippen molar-refractivity contribution in [1.82, 2.24) is 10.2 Å². The van der Waals surface area contributed by atoms with Crippen molar-refractivity contribution in [3.63, 3.8) is 0 Å². The number of hydrogen-bond acceptors (Lipinski definition) is 3. The lowest BCUT2D eigenvalue weighted by Gasteiger charge is -2.10. The molecule has 7 heteroatoms. The number of benzene rings is 1. The number of nitrogen functional groups attached to an aromatic ring is 1. The van der Waals surface area contributed by atoms with Gasteiger partial charge in [0, 0.05) is 11.1 Å². The minimum Gasteiger partial charge on any atom is -0.493 e. The Bertz CT molecular complexity index is 571. The summed E-state index contributed by atoms with van der Waals surface area (Å²) in [7, 11) is 1.29. The van der Waals surface area contributed by atoms with Crippen LogP contribution in [0.3, 0.4) is 0 Å². The summed E-state index contributed by atoms with van der Waals surface area (Å²) in [6, 6.07) is 1.13. The Hall–Kier alpha value is -1.63. The van der Waals surface area contributed by atoms with Crippen molar-refractivity contribution in [3.05, 3.63) is 28.4 Å². The van der Waals surface area contributed by atoms with Gasteiger partial charge >= 0.3 is 0 Å². The van der Waals surface area contributed by atoms with E-state index in [1.165, 1.54) is 13.3 Å². The molecule has 0 aliphatic carbocycles. The number of H-pyrrole nitrogens is 1. The molecule has 0 saturated carbocycles. The summed E-state index contributed by atoms with van der Waals surface area (Å²) in [4.78, 5) is 0. The SMILES string of the molecule is COc1c(-c2cn[nH]c2N)cc(F)c(Br)c1F. The minimum absolute atomic E-state index is 0.0913. The van der Waals surface area contributed by atoms with Crippen LogP contribution in [0.5, 0.6) is 5.75 Å². The minimum atomic E-state index is -0.817. The van der Waals surface area contributed by atoms with E-state index in [0.29, 0.717) is 5.56 Å². The van der Waals surface area contributed by atoms with Gasteiger partial charge in [0.2, 0.25) is 0 Å². The summed E-state index contributed by atoms with van der Waals surface area (Å²) < 4.78 is 31.9. The predicted octanol–water partition coefficient (Wildman–Crippen LogP) is 2.71. The average molecular weight is 304 g/mol. The number of methoxy groups -OCH3 is 1. The molecule has 0 fully saturated rings. The van der Waals surface area contributed by atoms with Gasteiger partial charge in [0.05, 0.1) is 17.8 Å². The average Bonchev–Trinajstić information content (AvgIpc) is 2.72. The Morgan fingerprint density at radius 1 is 1.41 bits per heavy atom. The molecule has 0 aliphatic rings. The van der Waals surface area contributed by atoms with Crippen molar-refractivity contribution in [2.75, 3.05) is 12.8 Å². The number of rotatable bonds is 2. The van der Waals surface area contributed by atoms with E-state index < -0.39 is 11.6 Å². The van der Waals surface area contributed by atoms with Gasteiger partial charge in [-0.25, -0.2) is 8.78 Å². The van der Waals surface area contributed by atoms with Gasteiger partial charge in [-0.05, 0) is 22.0 Å². The maximum Gasteiger partial charge on any atom is 0.182 e. The van der Waals surface area contributed by atoms with Crippen molar-refractivity contribution >= 4 is 21.7 Å². The fourth-order valence-corrected chi connectivity index (χ4v) is 1.78. The number of hydrogen-bond donors (Lipinski definition) is 2. The van der Waals surface area contributed by atoms with E-state index in [2.05, 4.69) is 26.1 Å². The first-order chi connectivity index (χ1) is 8.06. The van der Waals surface area contributed by atoms with Crippen molar-refractivity contribution in [2.24, 2.45) is 0 Å². The van der Waals surface area contributed by atoms with Crippen LogP contribution in [0.15, 0.2) is 16.7 Å². The lowest BCUT2D eigenvalue weighted by molar-refractivity contribution is 0.384. The highest BCUT2D eigenvalue weighted by molar-refractivity contribution is 9.10. The maximum atomic E-state index is 13.8. The number of aromatic amines is 1. The molecule has 0 spiro atoms. The number of aromatic nitrogens is 2. The van der Waals surface area contributed by atoms with Gasteiger partial charge in [-0.3, -0.25) is 5.10 Å². The summed E-state index contributed by atoms with van der Waals surface area (Å²) in [6.45, 7) is 0. The standard InChI is InChI=1S/C10H8BrF2N3O/c1-17-9-4(5-3-15-16-10(5)14)2-6(12)7(11)8(9)13/h2-3H,1H3,(H3,14,15,16). The Morgan fingerprint density at radius 2 is 2.12 bits per heavy atom. The van der Waals surface area contributed by atoms with E-state index in [-0.39, 0.29) is 21.6 Å². The van der Waals surface area contributed by atoms with Crippen molar-refractivity contribution < 1.29 is 13.5 Å². The van der Waals surface area contributed by atoms with Gasteiger partial charge in [0.1, 0.15) is 11.6 Å². The second-order valence-corrected chi connectivity index (χ2v) is 4.06. The number of halogens is 3. The molecule has 4 nitrogen and oxygen atoms in total. The normalized spacial score (nSPS) is 10.6. The Labute approximate surface area is 104 Å². The summed E-state index contributed by atoms with van der Waals surface area (Å²) in [5.41, 5.74) is 6.19. The first-order valence-electron chi connectivity index (χ1n) is 4.57. The molecular formula is C10H8BrF2N3O. The van der Waals surface area contributed by atoms with Crippen LogP contribution in [-0.4, -0.2) is 17.3 Å². The second-order valence-electron chi connectivity index (χ2n) is 3.26. The van der Waals surface area contributed by atoms with Crippen LogP contribution in [0.4, 0.5) is 14.6 Å². The number of nitrogens with two attached hydrogens (primary N) is 1. The van der Waals surface area contributed by atoms with Crippen molar-refractivity contribution in [2.45, 2.75) is 0 Å². The van der Waals surface area contributed by atoms with Gasteiger partial charge in [0.25, 0.3) is 0 Å². The largest absolute Gasteiger partial charge is 0.493 e. The van der Waals surface area contributed by atoms with Crippen molar-refractivity contribution in [1.29, 1.82) is 0 Å². The third-order valence-electron chi connectivity index (χ3n) is 2.28. The third-order valence-corrected chi connectivity index (χ3v) is 3.01. The number of ether oxygens (including phenoxy) is 1. The summed E-state index contributed by atoms with van der Waals surface area (Å²) >= 11 is 2.80. The zero-order chi connectivity index (χ0) is 12.6. The summed E-state index contributed by atoms with van der Waals surface area (Å²) in [5, 5.41) is 6.18. The quantitative estimate of drug-likeness (QED) is 0.839. The molecule has 2 aromatic rings. The van der Waals surface area contributed by atoms with Crippen LogP contribution < -0.4 is 10.5 Å². The van der Waals surface area contributed by atoms with E-state index in [4.69, 9.17) is 10.5 Å². The number of nitrogens with one attached hydrogen (secondary N) is 1. The molecule has 17 heavy (non-hydrogen) atoms. The molecular weight excluding hydrogens is 296 g/mol. The Kier molecular flexibility index (Phi) is 3.01. The molecule has 0 aliphatic heterocycles. The van der Waals surface area contributed by atoms with Gasteiger partial charge in [-0.1, -0.05) is 0 Å². The highest BCUT2D eigenvalue weighted by Gasteiger charge is 2.20. The monoisotopic (exact) mass is 303 g/mol. The Morgan fingerprint density at radius 3 is 2.65 bits per heavy atom. The lowest BCUT2D eigenvalue weighted by Crippen LogP contribution is -1.97. The smallest absolute Gasteiger partial charge is 0.182 e. The summed E-state index contributed by atoms with van der Waals surface area (Å²) in [5.74, 6) is -1.43. The highest BCUT2D eigenvalue weighted by atomic mass is 79.9. The van der Waals surface area contributed by atoms with E-state index in [1.807, 2.05) is 0 Å². The van der Waals surface area contributed by atoms with Crippen LogP contribution in [0.2, 0.25) is 0 Å². The topological polar surface area (TPSA) is 63.9 Å². The highest BCUT2D eigenvalue weighted by Crippen LogP contribution is 2.39. The molecule has 0 saturated heterocycles. The molecule has 1 aromatic carbocycles. The van der Waals surface area contributed by atoms with Gasteiger partial charge < -0.3 is 10.5 Å². The van der Waals surface area contributed by atoms with E-state index >= 15 is 0 Å². The maximum absolute atomic E-state index is 13.8. The number of anilines is 1. The van der Waals surface area contributed by atoms with Crippen molar-refractivity contribution in [3.8, 4) is 16.9 Å². The molecule has 3 N–H and O–H groups in total. The fourth-order valence-electron chi connectivity index (χ4n) is 1.49. The molecule has 1 heterocycles. The molecule has 0 bridgehead atoms. The lowest BCUT2D eigenvalue weighted by atomic mass is 10.1. The fraction of sp³-hybridized carbons (Fsp3) is 0.100. The van der Waals surface area contributed by atoms with Gasteiger partial charge in [-0.2, -0.15) is 5.10 Å². The third kappa shape index (κ3) is 1.86. The molecule has 0 atom stereocenters. The molecule has 0 radical (unpaired) electrons. The van der Waals surface area contributed by atoms with Gasteiger partial charge in [-0.15, -0.1) is 0 Å². The molecule has 2 rings (SSSR count). The van der Waals surface area contributed by atoms with E-state index in [0.717, 1.165) is 6.07 Å². The molecule has 0 amide bonds. The van der Waals surface area contributed by atoms with Crippen LogP contribution in [-0.2, 0) is 0 Å². The van der Waals surface area contributed by atoms with Crippen LogP contribution in [0, 0.1) is 11.6 Å². The van der Waals surface area contributed by atoms with Gasteiger partial charge in [0.15, 0.2) is 11.6 Å². The van der Waals surface area contributed by atoms with E-state index in [1.54, 1.807) is 0 Å². The first kappa shape index (κ1) is 11.8. The second kappa shape index (κ2) is 4.33. The predicted molar refractivity (Wildman–Crippen MR) is 62.6 cm³/mol. The molecule has 1 aromatic heterocycles. The van der Waals surface area contributed by atoms with Crippen LogP contribution >= 0.6 is 15.9 Å². The van der Waals surface area contributed by atoms with Crippen LogP contribution in [0.1, 0.15) is 0 Å². The zero-order valence-corrected chi connectivity index (χ0v) is 10.3. The zero-order valence-electron chi connectivity index (χ0n) is 8.72. The summed E-state index contributed by atoms with van der Waals surface area (Å²) in [6.07, 6.45) is 1.37. The Balaban J connectivity index is 2.74. The van der Waals surface area contributed by atoms with Crippen LogP contribution in [0.25, 0.3) is 11.1 Å². The number of nitrogens with zero attached hydrogens (tertiary/aromatic N) is 1. The first-order valence-corrected chi connectivity index (χ1v) is 5.36.